The monoisotopic (exact) mass is 259 g/mol. The third kappa shape index (κ3) is 4.94. The summed E-state index contributed by atoms with van der Waals surface area (Å²) in [5, 5.41) is 5.85. The van der Waals surface area contributed by atoms with Gasteiger partial charge in [0.2, 0.25) is 11.9 Å². The number of ether oxygens (including phenoxy) is 1. The van der Waals surface area contributed by atoms with Crippen LogP contribution in [0.3, 0.4) is 0 Å². The summed E-state index contributed by atoms with van der Waals surface area (Å²) in [4.78, 5) is 12.1. The lowest BCUT2D eigenvalue weighted by atomic mass is 10.5. The first-order valence-electron chi connectivity index (χ1n) is 5.17. The van der Waals surface area contributed by atoms with Gasteiger partial charge in [0, 0.05) is 36.4 Å². The van der Waals surface area contributed by atoms with E-state index in [-0.39, 0.29) is 6.01 Å². The van der Waals surface area contributed by atoms with Crippen molar-refractivity contribution in [2.45, 2.75) is 6.42 Å². The zero-order valence-electron chi connectivity index (χ0n) is 10.2. The van der Waals surface area contributed by atoms with E-state index in [1.807, 2.05) is 0 Å². The van der Waals surface area contributed by atoms with Crippen molar-refractivity contribution in [3.63, 3.8) is 0 Å². The highest BCUT2D eigenvalue weighted by atomic mass is 32.2. The Balaban J connectivity index is 2.54. The molecule has 8 heteroatoms. The van der Waals surface area contributed by atoms with Crippen LogP contribution < -0.4 is 15.4 Å². The fraction of sp³-hybridized carbons (Fsp3) is 0.667. The Kier molecular flexibility index (Phi) is 5.61. The Morgan fingerprint density at radius 3 is 2.59 bits per heavy atom. The molecule has 2 N–H and O–H groups in total. The summed E-state index contributed by atoms with van der Waals surface area (Å²) >= 11 is 0. The first kappa shape index (κ1) is 13.6. The van der Waals surface area contributed by atoms with Crippen LogP contribution in [0.2, 0.25) is 0 Å². The fourth-order valence-corrected chi connectivity index (χ4v) is 1.67. The molecular formula is C9H17N5O2S. The number of methoxy groups -OCH3 is 1. The molecule has 0 amide bonds. The number of hydrogen-bond donors (Lipinski definition) is 2. The van der Waals surface area contributed by atoms with Gasteiger partial charge in [0.1, 0.15) is 0 Å². The van der Waals surface area contributed by atoms with Gasteiger partial charge >= 0.3 is 6.01 Å². The van der Waals surface area contributed by atoms with E-state index < -0.39 is 10.8 Å². The molecule has 0 saturated heterocycles. The summed E-state index contributed by atoms with van der Waals surface area (Å²) in [6.45, 7) is 0.663. The third-order valence-corrected chi connectivity index (χ3v) is 2.78. The van der Waals surface area contributed by atoms with E-state index >= 15 is 0 Å². The largest absolute Gasteiger partial charge is 0.467 e. The number of rotatable bonds is 7. The summed E-state index contributed by atoms with van der Waals surface area (Å²) in [7, 11) is 2.45. The number of anilines is 2. The topological polar surface area (TPSA) is 89.0 Å². The standard InChI is InChI=1S/C9H17N5O2S/c1-10-7-12-8(14-9(13-7)16-2)11-5-4-6-17(3)15/h4-6H2,1-3H3,(H2,10,11,12,13,14). The van der Waals surface area contributed by atoms with Crippen molar-refractivity contribution < 1.29 is 8.95 Å². The van der Waals surface area contributed by atoms with Gasteiger partial charge in [-0.05, 0) is 6.42 Å². The summed E-state index contributed by atoms with van der Waals surface area (Å²) in [6, 6.07) is 0.255. The van der Waals surface area contributed by atoms with Crippen molar-refractivity contribution >= 4 is 22.7 Å². The van der Waals surface area contributed by atoms with Crippen molar-refractivity contribution in [2.24, 2.45) is 0 Å². The van der Waals surface area contributed by atoms with E-state index in [9.17, 15) is 4.21 Å². The smallest absolute Gasteiger partial charge is 0.322 e. The molecule has 0 spiro atoms. The molecule has 0 aliphatic carbocycles. The summed E-state index contributed by atoms with van der Waals surface area (Å²) in [5.41, 5.74) is 0. The number of aromatic nitrogens is 3. The second kappa shape index (κ2) is 7.00. The van der Waals surface area contributed by atoms with Gasteiger partial charge in [-0.2, -0.15) is 15.0 Å². The molecule has 0 bridgehead atoms. The summed E-state index contributed by atoms with van der Waals surface area (Å²) < 4.78 is 15.8. The van der Waals surface area contributed by atoms with E-state index in [4.69, 9.17) is 4.74 Å². The van der Waals surface area contributed by atoms with Gasteiger partial charge in [0.15, 0.2) is 0 Å². The van der Waals surface area contributed by atoms with Gasteiger partial charge in [0.05, 0.1) is 7.11 Å². The first-order valence-corrected chi connectivity index (χ1v) is 6.90. The molecule has 1 rings (SSSR count). The van der Waals surface area contributed by atoms with Gasteiger partial charge < -0.3 is 15.4 Å². The third-order valence-electron chi connectivity index (χ3n) is 1.91. The van der Waals surface area contributed by atoms with Crippen LogP contribution in [-0.4, -0.2) is 51.9 Å². The van der Waals surface area contributed by atoms with Crippen LogP contribution in [0.1, 0.15) is 6.42 Å². The highest BCUT2D eigenvalue weighted by Crippen LogP contribution is 2.09. The molecule has 1 aromatic heterocycles. The number of nitrogens with one attached hydrogen (secondary N) is 2. The lowest BCUT2D eigenvalue weighted by Crippen LogP contribution is -2.11. The van der Waals surface area contributed by atoms with Crippen molar-refractivity contribution in [3.05, 3.63) is 0 Å². The normalized spacial score (nSPS) is 11.9. The Labute approximate surface area is 103 Å². The molecule has 17 heavy (non-hydrogen) atoms. The van der Waals surface area contributed by atoms with Crippen LogP contribution in [0.25, 0.3) is 0 Å². The Morgan fingerprint density at radius 2 is 2.00 bits per heavy atom. The maximum Gasteiger partial charge on any atom is 0.322 e. The summed E-state index contributed by atoms with van der Waals surface area (Å²) in [6.07, 6.45) is 2.48. The predicted octanol–water partition coefficient (Wildman–Crippen LogP) is 0.102. The molecule has 96 valence electrons. The maximum atomic E-state index is 10.9. The van der Waals surface area contributed by atoms with E-state index in [1.165, 1.54) is 7.11 Å². The van der Waals surface area contributed by atoms with E-state index in [1.54, 1.807) is 13.3 Å². The Bertz CT molecular complexity index is 365. The minimum absolute atomic E-state index is 0.255. The lowest BCUT2D eigenvalue weighted by Gasteiger charge is -2.07. The molecule has 1 atom stereocenters. The van der Waals surface area contributed by atoms with Crippen molar-refractivity contribution in [1.29, 1.82) is 0 Å². The Hall–Kier alpha value is -1.44. The maximum absolute atomic E-state index is 10.9. The average Bonchev–Trinajstić information content (AvgIpc) is 2.34. The molecule has 7 nitrogen and oxygen atoms in total. The quantitative estimate of drug-likeness (QED) is 0.671. The van der Waals surface area contributed by atoms with Crippen LogP contribution in [0.15, 0.2) is 0 Å². The van der Waals surface area contributed by atoms with Crippen LogP contribution in [-0.2, 0) is 10.8 Å². The molecule has 0 aromatic carbocycles. The molecule has 0 aliphatic rings. The number of nitrogens with zero attached hydrogens (tertiary/aromatic N) is 3. The first-order chi connectivity index (χ1) is 8.15. The molecule has 1 unspecified atom stereocenters. The lowest BCUT2D eigenvalue weighted by molar-refractivity contribution is 0.379. The van der Waals surface area contributed by atoms with Gasteiger partial charge in [-0.1, -0.05) is 0 Å². The van der Waals surface area contributed by atoms with Crippen LogP contribution in [0.4, 0.5) is 11.9 Å². The minimum atomic E-state index is -0.766. The highest BCUT2D eigenvalue weighted by molar-refractivity contribution is 7.84. The van der Waals surface area contributed by atoms with Gasteiger partial charge in [-0.25, -0.2) is 0 Å². The summed E-state index contributed by atoms with van der Waals surface area (Å²) in [5.74, 6) is 1.55. The van der Waals surface area contributed by atoms with Gasteiger partial charge in [0.25, 0.3) is 0 Å². The van der Waals surface area contributed by atoms with Crippen LogP contribution in [0, 0.1) is 0 Å². The molecule has 0 saturated carbocycles. The zero-order chi connectivity index (χ0) is 12.7. The minimum Gasteiger partial charge on any atom is -0.467 e. The second-order valence-electron chi connectivity index (χ2n) is 3.28. The number of hydrogen-bond acceptors (Lipinski definition) is 7. The molecule has 0 fully saturated rings. The van der Waals surface area contributed by atoms with E-state index in [0.717, 1.165) is 6.42 Å². The van der Waals surface area contributed by atoms with Gasteiger partial charge in [-0.15, -0.1) is 0 Å². The van der Waals surface area contributed by atoms with Crippen molar-refractivity contribution in [2.75, 3.05) is 43.3 Å². The highest BCUT2D eigenvalue weighted by Gasteiger charge is 2.04. The molecule has 1 heterocycles. The fourth-order valence-electron chi connectivity index (χ4n) is 1.11. The van der Waals surface area contributed by atoms with Crippen LogP contribution in [0.5, 0.6) is 6.01 Å². The zero-order valence-corrected chi connectivity index (χ0v) is 11.0. The van der Waals surface area contributed by atoms with Gasteiger partial charge in [-0.3, -0.25) is 4.21 Å². The molecule has 1 aromatic rings. The second-order valence-corrected chi connectivity index (χ2v) is 4.83. The Morgan fingerprint density at radius 1 is 1.29 bits per heavy atom. The average molecular weight is 259 g/mol. The van der Waals surface area contributed by atoms with Crippen LogP contribution >= 0.6 is 0 Å². The van der Waals surface area contributed by atoms with E-state index in [2.05, 4.69) is 25.6 Å². The molecule has 0 aliphatic heterocycles. The molecule has 0 radical (unpaired) electrons. The SMILES string of the molecule is CNc1nc(NCCCS(C)=O)nc(OC)n1. The van der Waals surface area contributed by atoms with Crippen molar-refractivity contribution in [1.82, 2.24) is 15.0 Å². The van der Waals surface area contributed by atoms with E-state index in [0.29, 0.717) is 24.2 Å². The van der Waals surface area contributed by atoms with Crippen molar-refractivity contribution in [3.8, 4) is 6.01 Å². The predicted molar refractivity (Wildman–Crippen MR) is 68.0 cm³/mol. The molecular weight excluding hydrogens is 242 g/mol.